The summed E-state index contributed by atoms with van der Waals surface area (Å²) in [5.41, 5.74) is 5.75. The lowest BCUT2D eigenvalue weighted by molar-refractivity contribution is 0.249. The van der Waals surface area contributed by atoms with Gasteiger partial charge in [0.2, 0.25) is 0 Å². The number of nitrogens with zero attached hydrogens (tertiary/aromatic N) is 3. The van der Waals surface area contributed by atoms with Crippen LogP contribution in [-0.2, 0) is 12.1 Å². The second-order valence-corrected chi connectivity index (χ2v) is 4.79. The topological polar surface area (TPSA) is 97.9 Å². The van der Waals surface area contributed by atoms with E-state index in [9.17, 15) is 4.79 Å². The lowest BCUT2D eigenvalue weighted by Gasteiger charge is -2.17. The van der Waals surface area contributed by atoms with Gasteiger partial charge < -0.3 is 16.4 Å². The van der Waals surface area contributed by atoms with Crippen LogP contribution in [0.1, 0.15) is 26.5 Å². The monoisotopic (exact) mass is 240 g/mol. The van der Waals surface area contributed by atoms with Crippen molar-refractivity contribution in [2.75, 3.05) is 13.1 Å². The molecule has 0 aliphatic rings. The van der Waals surface area contributed by atoms with Crippen molar-refractivity contribution in [3.8, 4) is 0 Å². The Morgan fingerprint density at radius 3 is 2.71 bits per heavy atom. The minimum absolute atomic E-state index is 0.0568. The van der Waals surface area contributed by atoms with Crippen molar-refractivity contribution in [2.45, 2.75) is 32.9 Å². The first kappa shape index (κ1) is 13.4. The van der Waals surface area contributed by atoms with Crippen LogP contribution in [0.4, 0.5) is 4.79 Å². The molecule has 0 spiro atoms. The van der Waals surface area contributed by atoms with Crippen LogP contribution in [0.25, 0.3) is 0 Å². The fourth-order valence-electron chi connectivity index (χ4n) is 1.20. The minimum atomic E-state index is -0.509. The molecule has 7 heteroatoms. The van der Waals surface area contributed by atoms with Gasteiger partial charge in [-0.2, -0.15) is 0 Å². The fraction of sp³-hybridized carbons (Fsp3) is 0.700. The molecule has 7 nitrogen and oxygen atoms in total. The van der Waals surface area contributed by atoms with E-state index in [-0.39, 0.29) is 5.54 Å². The Kier molecular flexibility index (Phi) is 4.45. The van der Waals surface area contributed by atoms with Gasteiger partial charge in [-0.05, 0) is 20.8 Å². The molecule has 1 aromatic heterocycles. The third-order valence-corrected chi connectivity index (χ3v) is 2.14. The van der Waals surface area contributed by atoms with Crippen molar-refractivity contribution >= 4 is 6.03 Å². The standard InChI is InChI=1S/C10H20N6O/c1-10(2,3)16-7-8(14-15-16)6-12-4-5-13-9(11)17/h7,12H,4-6H2,1-3H3,(H3,11,13,17). The SMILES string of the molecule is CC(C)(C)n1cc(CNCCNC(N)=O)nn1. The van der Waals surface area contributed by atoms with Gasteiger partial charge in [0.15, 0.2) is 0 Å². The molecule has 0 radical (unpaired) electrons. The second kappa shape index (κ2) is 5.62. The van der Waals surface area contributed by atoms with Crippen LogP contribution in [0.3, 0.4) is 0 Å². The Morgan fingerprint density at radius 2 is 2.18 bits per heavy atom. The molecule has 0 unspecified atom stereocenters. The number of urea groups is 1. The van der Waals surface area contributed by atoms with Crippen molar-refractivity contribution in [2.24, 2.45) is 5.73 Å². The largest absolute Gasteiger partial charge is 0.352 e. The molecule has 0 fully saturated rings. The summed E-state index contributed by atoms with van der Waals surface area (Å²) in [7, 11) is 0. The predicted octanol–water partition coefficient (Wildman–Crippen LogP) is -0.209. The van der Waals surface area contributed by atoms with E-state index in [0.29, 0.717) is 19.6 Å². The molecule has 2 amide bonds. The number of carbonyl (C=O) groups is 1. The van der Waals surface area contributed by atoms with E-state index in [1.165, 1.54) is 0 Å². The zero-order valence-corrected chi connectivity index (χ0v) is 10.5. The molecule has 1 aromatic rings. The number of carbonyl (C=O) groups excluding carboxylic acids is 1. The van der Waals surface area contributed by atoms with Crippen LogP contribution in [0, 0.1) is 0 Å². The summed E-state index contributed by atoms with van der Waals surface area (Å²) in [6.45, 7) is 7.96. The van der Waals surface area contributed by atoms with Crippen LogP contribution in [0.15, 0.2) is 6.20 Å². The number of amides is 2. The molecule has 0 aromatic carbocycles. The molecule has 1 rings (SSSR count). The number of nitrogens with one attached hydrogen (secondary N) is 2. The Labute approximate surface area is 101 Å². The maximum absolute atomic E-state index is 10.4. The highest BCUT2D eigenvalue weighted by molar-refractivity contribution is 5.71. The highest BCUT2D eigenvalue weighted by Crippen LogP contribution is 2.11. The van der Waals surface area contributed by atoms with Gasteiger partial charge in [-0.1, -0.05) is 5.21 Å². The number of primary amides is 1. The number of rotatable bonds is 5. The molecular formula is C10H20N6O. The fourth-order valence-corrected chi connectivity index (χ4v) is 1.20. The Bertz CT molecular complexity index is 367. The van der Waals surface area contributed by atoms with Gasteiger partial charge in [-0.3, -0.25) is 0 Å². The highest BCUT2D eigenvalue weighted by atomic mass is 16.2. The van der Waals surface area contributed by atoms with E-state index >= 15 is 0 Å². The van der Waals surface area contributed by atoms with Crippen LogP contribution in [-0.4, -0.2) is 34.1 Å². The summed E-state index contributed by atoms with van der Waals surface area (Å²) < 4.78 is 1.83. The first-order chi connectivity index (χ1) is 7.89. The third kappa shape index (κ3) is 4.81. The Hall–Kier alpha value is -1.63. The van der Waals surface area contributed by atoms with Gasteiger partial charge in [0.25, 0.3) is 0 Å². The van der Waals surface area contributed by atoms with Gasteiger partial charge in [-0.15, -0.1) is 5.10 Å². The van der Waals surface area contributed by atoms with Crippen LogP contribution < -0.4 is 16.4 Å². The number of nitrogens with two attached hydrogens (primary N) is 1. The van der Waals surface area contributed by atoms with E-state index < -0.39 is 6.03 Å². The predicted molar refractivity (Wildman–Crippen MR) is 64.3 cm³/mol. The van der Waals surface area contributed by atoms with Crippen molar-refractivity contribution < 1.29 is 4.79 Å². The average Bonchev–Trinajstić information content (AvgIpc) is 2.64. The molecule has 0 saturated heterocycles. The normalized spacial score (nSPS) is 11.5. The quantitative estimate of drug-likeness (QED) is 0.620. The van der Waals surface area contributed by atoms with Crippen molar-refractivity contribution in [1.82, 2.24) is 25.6 Å². The summed E-state index contributed by atoms with van der Waals surface area (Å²) in [6, 6.07) is -0.509. The lowest BCUT2D eigenvalue weighted by atomic mass is 10.1. The van der Waals surface area contributed by atoms with Gasteiger partial charge in [-0.25, -0.2) is 9.48 Å². The van der Waals surface area contributed by atoms with Crippen LogP contribution in [0.2, 0.25) is 0 Å². The van der Waals surface area contributed by atoms with Crippen molar-refractivity contribution in [3.63, 3.8) is 0 Å². The Morgan fingerprint density at radius 1 is 1.47 bits per heavy atom. The van der Waals surface area contributed by atoms with Crippen molar-refractivity contribution in [3.05, 3.63) is 11.9 Å². The molecule has 96 valence electrons. The second-order valence-electron chi connectivity index (χ2n) is 4.79. The summed E-state index contributed by atoms with van der Waals surface area (Å²) in [5, 5.41) is 13.7. The number of aromatic nitrogens is 3. The highest BCUT2D eigenvalue weighted by Gasteiger charge is 2.14. The van der Waals surface area contributed by atoms with E-state index in [2.05, 4.69) is 41.7 Å². The molecule has 0 atom stereocenters. The molecule has 0 aliphatic heterocycles. The zero-order chi connectivity index (χ0) is 12.9. The average molecular weight is 240 g/mol. The maximum atomic E-state index is 10.4. The molecule has 4 N–H and O–H groups in total. The van der Waals surface area contributed by atoms with E-state index in [1.807, 2.05) is 10.9 Å². The number of hydrogen-bond donors (Lipinski definition) is 3. The maximum Gasteiger partial charge on any atom is 0.312 e. The molecule has 0 aliphatic carbocycles. The molecule has 1 heterocycles. The van der Waals surface area contributed by atoms with E-state index in [1.54, 1.807) is 0 Å². The van der Waals surface area contributed by atoms with Crippen LogP contribution in [0.5, 0.6) is 0 Å². The zero-order valence-electron chi connectivity index (χ0n) is 10.5. The Balaban J connectivity index is 2.28. The summed E-state index contributed by atoms with van der Waals surface area (Å²) in [4.78, 5) is 10.4. The smallest absolute Gasteiger partial charge is 0.312 e. The summed E-state index contributed by atoms with van der Waals surface area (Å²) in [6.07, 6.45) is 1.91. The molecule has 0 bridgehead atoms. The van der Waals surface area contributed by atoms with E-state index in [0.717, 1.165) is 5.69 Å². The third-order valence-electron chi connectivity index (χ3n) is 2.14. The first-order valence-electron chi connectivity index (χ1n) is 5.55. The molecule has 17 heavy (non-hydrogen) atoms. The summed E-state index contributed by atoms with van der Waals surface area (Å²) in [5.74, 6) is 0. The van der Waals surface area contributed by atoms with Gasteiger partial charge in [0.1, 0.15) is 0 Å². The molecular weight excluding hydrogens is 220 g/mol. The van der Waals surface area contributed by atoms with Gasteiger partial charge >= 0.3 is 6.03 Å². The first-order valence-corrected chi connectivity index (χ1v) is 5.55. The minimum Gasteiger partial charge on any atom is -0.352 e. The van der Waals surface area contributed by atoms with Crippen molar-refractivity contribution in [1.29, 1.82) is 0 Å². The molecule has 0 saturated carbocycles. The van der Waals surface area contributed by atoms with Gasteiger partial charge in [0.05, 0.1) is 17.4 Å². The van der Waals surface area contributed by atoms with E-state index in [4.69, 9.17) is 5.73 Å². The van der Waals surface area contributed by atoms with Crippen LogP contribution >= 0.6 is 0 Å². The summed E-state index contributed by atoms with van der Waals surface area (Å²) >= 11 is 0. The lowest BCUT2D eigenvalue weighted by Crippen LogP contribution is -2.35. The van der Waals surface area contributed by atoms with Gasteiger partial charge in [0, 0.05) is 19.6 Å². The number of hydrogen-bond acceptors (Lipinski definition) is 4.